The zero-order valence-electron chi connectivity index (χ0n) is 26.1. The molecule has 0 atom stereocenters. The van der Waals surface area contributed by atoms with Crippen LogP contribution >= 0.6 is 11.3 Å². The Labute approximate surface area is 253 Å². The van der Waals surface area contributed by atoms with Gasteiger partial charge >= 0.3 is 0 Å². The summed E-state index contributed by atoms with van der Waals surface area (Å²) >= 11 is 1.68. The standard InChI is InChI=1S/C36H52N2O2S/c1-5-6-7-8-9-10-11-12-13-14-15-16-24-40-34-22-19-31(26-33(34)36(2,3)4)27-35(39)37-32-20-17-30(18-21-32)28-38-23-25-41-29-38/h17-23,25-26,29H,5-16,24,27-28H2,1-4H3/p+1. The molecule has 0 fully saturated rings. The van der Waals surface area contributed by atoms with E-state index in [4.69, 9.17) is 4.74 Å². The largest absolute Gasteiger partial charge is 0.493 e. The summed E-state index contributed by atoms with van der Waals surface area (Å²) in [6.45, 7) is 10.5. The predicted molar refractivity (Wildman–Crippen MR) is 174 cm³/mol. The van der Waals surface area contributed by atoms with Crippen LogP contribution in [0.4, 0.5) is 5.69 Å². The van der Waals surface area contributed by atoms with Gasteiger partial charge in [-0.1, -0.05) is 134 Å². The molecule has 3 rings (SSSR count). The van der Waals surface area contributed by atoms with Crippen LogP contribution in [0, 0.1) is 0 Å². The molecular weight excluding hydrogens is 524 g/mol. The Bertz CT molecular complexity index is 1130. The minimum Gasteiger partial charge on any atom is -0.493 e. The van der Waals surface area contributed by atoms with Crippen LogP contribution in [0.5, 0.6) is 5.75 Å². The zero-order valence-corrected chi connectivity index (χ0v) is 26.9. The number of anilines is 1. The summed E-state index contributed by atoms with van der Waals surface area (Å²) < 4.78 is 8.41. The molecule has 0 aliphatic rings. The van der Waals surface area contributed by atoms with Gasteiger partial charge in [-0.25, -0.2) is 0 Å². The molecule has 0 saturated heterocycles. The fourth-order valence-electron chi connectivity index (χ4n) is 5.17. The maximum Gasteiger partial charge on any atom is 0.228 e. The second-order valence-electron chi connectivity index (χ2n) is 12.4. The molecule has 0 unspecified atom stereocenters. The van der Waals surface area contributed by atoms with Crippen LogP contribution in [0.25, 0.3) is 0 Å². The highest BCUT2D eigenvalue weighted by Gasteiger charge is 2.20. The summed E-state index contributed by atoms with van der Waals surface area (Å²) in [6, 6.07) is 14.3. The third kappa shape index (κ3) is 12.8. The SMILES string of the molecule is CCCCCCCCCCCCCCOc1ccc(CC(=O)Nc2ccc(C[n+]3ccsc3)cc2)cc1C(C)(C)C. The molecule has 1 aromatic heterocycles. The van der Waals surface area contributed by atoms with Crippen LogP contribution in [0.1, 0.15) is 121 Å². The maximum atomic E-state index is 12.8. The molecule has 1 amide bonds. The first kappa shape index (κ1) is 32.8. The van der Waals surface area contributed by atoms with Gasteiger partial charge in [0.05, 0.1) is 18.4 Å². The average molecular weight is 578 g/mol. The number of nitrogens with zero attached hydrogens (tertiary/aromatic N) is 1. The highest BCUT2D eigenvalue weighted by atomic mass is 32.1. The Hall–Kier alpha value is -2.66. The van der Waals surface area contributed by atoms with Crippen molar-refractivity contribution in [1.29, 1.82) is 0 Å². The molecule has 0 bridgehead atoms. The number of unbranched alkanes of at least 4 members (excludes halogenated alkanes) is 11. The molecule has 1 heterocycles. The van der Waals surface area contributed by atoms with Gasteiger partial charge in [-0.2, -0.15) is 4.57 Å². The number of hydrogen-bond donors (Lipinski definition) is 1. The van der Waals surface area contributed by atoms with Crippen molar-refractivity contribution in [3.8, 4) is 5.75 Å². The third-order valence-corrected chi connectivity index (χ3v) is 8.27. The third-order valence-electron chi connectivity index (χ3n) is 7.60. The summed E-state index contributed by atoms with van der Waals surface area (Å²) in [5.41, 5.74) is 6.24. The Balaban J connectivity index is 1.38. The second-order valence-corrected chi connectivity index (χ2v) is 13.2. The summed E-state index contributed by atoms with van der Waals surface area (Å²) in [5, 5.41) is 5.12. The number of rotatable bonds is 19. The number of carbonyl (C=O) groups is 1. The molecule has 0 saturated carbocycles. The molecule has 0 radical (unpaired) electrons. The number of ether oxygens (including phenoxy) is 1. The minimum atomic E-state index is -0.0609. The zero-order chi connectivity index (χ0) is 29.3. The van der Waals surface area contributed by atoms with Crippen molar-refractivity contribution < 1.29 is 14.1 Å². The number of carbonyl (C=O) groups excluding carboxylic acids is 1. The number of nitrogens with one attached hydrogen (secondary N) is 1. The van der Waals surface area contributed by atoms with Gasteiger partial charge in [-0.15, -0.1) is 0 Å². The van der Waals surface area contributed by atoms with Crippen molar-refractivity contribution in [3.05, 3.63) is 76.2 Å². The van der Waals surface area contributed by atoms with Crippen LogP contribution in [-0.2, 0) is 23.2 Å². The molecule has 0 aliphatic carbocycles. The number of thiazole rings is 1. The van der Waals surface area contributed by atoms with Gasteiger partial charge in [0.1, 0.15) is 5.75 Å². The van der Waals surface area contributed by atoms with E-state index in [9.17, 15) is 4.79 Å². The number of aromatic nitrogens is 1. The summed E-state index contributed by atoms with van der Waals surface area (Å²) in [5.74, 6) is 0.943. The Morgan fingerprint density at radius 1 is 0.829 bits per heavy atom. The number of amides is 1. The quantitative estimate of drug-likeness (QED) is 0.114. The maximum absolute atomic E-state index is 12.8. The summed E-state index contributed by atoms with van der Waals surface area (Å²) in [6.07, 6.45) is 18.5. The van der Waals surface area contributed by atoms with Gasteiger partial charge in [-0.3, -0.25) is 4.79 Å². The topological polar surface area (TPSA) is 42.2 Å². The summed E-state index contributed by atoms with van der Waals surface area (Å²) in [4.78, 5) is 12.8. The van der Waals surface area contributed by atoms with E-state index < -0.39 is 0 Å². The van der Waals surface area contributed by atoms with E-state index in [-0.39, 0.29) is 11.3 Å². The van der Waals surface area contributed by atoms with Crippen molar-refractivity contribution in [2.24, 2.45) is 0 Å². The van der Waals surface area contributed by atoms with Crippen LogP contribution < -0.4 is 14.6 Å². The molecular formula is C36H53N2O2S+. The summed E-state index contributed by atoms with van der Waals surface area (Å²) in [7, 11) is 0. The molecule has 3 aromatic rings. The lowest BCUT2D eigenvalue weighted by atomic mass is 9.85. The van der Waals surface area contributed by atoms with Gasteiger partial charge in [0.15, 0.2) is 12.7 Å². The normalized spacial score (nSPS) is 11.5. The molecule has 4 nitrogen and oxygen atoms in total. The Kier molecular flexibility index (Phi) is 14.4. The van der Waals surface area contributed by atoms with Gasteiger partial charge in [0, 0.05) is 11.3 Å². The fourth-order valence-corrected chi connectivity index (χ4v) is 5.77. The monoisotopic (exact) mass is 577 g/mol. The van der Waals surface area contributed by atoms with Crippen molar-refractivity contribution in [3.63, 3.8) is 0 Å². The molecule has 5 heteroatoms. The van der Waals surface area contributed by atoms with E-state index in [1.807, 2.05) is 18.2 Å². The molecule has 41 heavy (non-hydrogen) atoms. The molecule has 1 N–H and O–H groups in total. The predicted octanol–water partition coefficient (Wildman–Crippen LogP) is 9.64. The first-order chi connectivity index (χ1) is 19.8. The van der Waals surface area contributed by atoms with Crippen LogP contribution in [0.3, 0.4) is 0 Å². The van der Waals surface area contributed by atoms with E-state index in [2.05, 4.69) is 78.9 Å². The second kappa shape index (κ2) is 18.0. The van der Waals surface area contributed by atoms with E-state index in [1.54, 1.807) is 11.3 Å². The van der Waals surface area contributed by atoms with E-state index in [0.29, 0.717) is 6.42 Å². The van der Waals surface area contributed by atoms with E-state index >= 15 is 0 Å². The van der Waals surface area contributed by atoms with E-state index in [0.717, 1.165) is 42.1 Å². The van der Waals surface area contributed by atoms with Crippen LogP contribution in [0.15, 0.2) is 59.6 Å². The van der Waals surface area contributed by atoms with Crippen LogP contribution in [0.2, 0.25) is 0 Å². The first-order valence-electron chi connectivity index (χ1n) is 15.9. The average Bonchev–Trinajstić information content (AvgIpc) is 3.45. The first-order valence-corrected chi connectivity index (χ1v) is 16.9. The lowest BCUT2D eigenvalue weighted by Gasteiger charge is -2.24. The Morgan fingerprint density at radius 3 is 2.02 bits per heavy atom. The van der Waals surface area contributed by atoms with Gasteiger partial charge in [-0.05, 0) is 41.2 Å². The lowest BCUT2D eigenvalue weighted by molar-refractivity contribution is -0.683. The number of hydrogen-bond acceptors (Lipinski definition) is 3. The van der Waals surface area contributed by atoms with Crippen molar-refractivity contribution in [1.82, 2.24) is 0 Å². The smallest absolute Gasteiger partial charge is 0.228 e. The van der Waals surface area contributed by atoms with Crippen molar-refractivity contribution in [2.75, 3.05) is 11.9 Å². The van der Waals surface area contributed by atoms with Crippen molar-refractivity contribution in [2.45, 2.75) is 123 Å². The van der Waals surface area contributed by atoms with Gasteiger partial charge in [0.25, 0.3) is 0 Å². The van der Waals surface area contributed by atoms with Crippen LogP contribution in [-0.4, -0.2) is 12.5 Å². The highest BCUT2D eigenvalue weighted by Crippen LogP contribution is 2.32. The van der Waals surface area contributed by atoms with E-state index in [1.165, 1.54) is 76.2 Å². The molecule has 0 spiro atoms. The fraction of sp³-hybridized carbons (Fsp3) is 0.556. The minimum absolute atomic E-state index is 0.00465. The molecule has 2 aromatic carbocycles. The Morgan fingerprint density at radius 2 is 1.44 bits per heavy atom. The lowest BCUT2D eigenvalue weighted by Crippen LogP contribution is -2.30. The van der Waals surface area contributed by atoms with Crippen molar-refractivity contribution >= 4 is 22.9 Å². The van der Waals surface area contributed by atoms with Gasteiger partial charge < -0.3 is 10.1 Å². The molecule has 224 valence electrons. The number of benzene rings is 2. The van der Waals surface area contributed by atoms with Gasteiger partial charge in [0.2, 0.25) is 11.4 Å². The molecule has 0 aliphatic heterocycles. The highest BCUT2D eigenvalue weighted by molar-refractivity contribution is 7.07.